The first kappa shape index (κ1) is 28.3. The van der Waals surface area contributed by atoms with Crippen molar-refractivity contribution in [2.75, 3.05) is 0 Å². The zero-order chi connectivity index (χ0) is 29.9. The number of aromatic nitrogens is 4. The summed E-state index contributed by atoms with van der Waals surface area (Å²) in [5, 5.41) is 10.1. The normalized spacial score (nSPS) is 23.4. The number of alkyl halides is 4. The first-order valence-electron chi connectivity index (χ1n) is 15.2. The van der Waals surface area contributed by atoms with Crippen LogP contribution in [0.25, 0.3) is 5.78 Å². The Bertz CT molecular complexity index is 1510. The van der Waals surface area contributed by atoms with E-state index in [0.717, 1.165) is 25.7 Å². The smallest absolute Gasteiger partial charge is 0.257 e. The molecule has 3 heterocycles. The number of hydrogen-bond acceptors (Lipinski definition) is 6. The molecule has 4 fully saturated rings. The lowest BCUT2D eigenvalue weighted by molar-refractivity contribution is -0.134. The van der Waals surface area contributed by atoms with Gasteiger partial charge in [-0.3, -0.25) is 14.0 Å². The summed E-state index contributed by atoms with van der Waals surface area (Å²) in [6.07, 6.45) is 8.05. The number of rotatable bonds is 10. The molecule has 43 heavy (non-hydrogen) atoms. The van der Waals surface area contributed by atoms with E-state index >= 15 is 0 Å². The van der Waals surface area contributed by atoms with E-state index in [9.17, 15) is 27.2 Å². The van der Waals surface area contributed by atoms with Crippen LogP contribution >= 0.6 is 0 Å². The van der Waals surface area contributed by atoms with E-state index in [4.69, 9.17) is 14.5 Å². The van der Waals surface area contributed by atoms with E-state index < -0.39 is 17.9 Å². The van der Waals surface area contributed by atoms with Crippen molar-refractivity contribution in [3.05, 3.63) is 47.4 Å². The van der Waals surface area contributed by atoms with Gasteiger partial charge in [0.05, 0.1) is 29.2 Å². The van der Waals surface area contributed by atoms with Crippen LogP contribution in [0.15, 0.2) is 29.2 Å². The van der Waals surface area contributed by atoms with Gasteiger partial charge in [0.2, 0.25) is 23.5 Å². The van der Waals surface area contributed by atoms with Crippen LogP contribution in [0.2, 0.25) is 0 Å². The molecule has 7 rings (SSSR count). The second kappa shape index (κ2) is 10.6. The molecule has 2 N–H and O–H groups in total. The highest BCUT2D eigenvalue weighted by atomic mass is 19.3. The third kappa shape index (κ3) is 6.12. The summed E-state index contributed by atoms with van der Waals surface area (Å²) < 4.78 is 61.4. The van der Waals surface area contributed by atoms with Gasteiger partial charge in [-0.15, -0.1) is 0 Å². The fourth-order valence-electron chi connectivity index (χ4n) is 6.63. The van der Waals surface area contributed by atoms with Gasteiger partial charge in [0, 0.05) is 50.4 Å². The summed E-state index contributed by atoms with van der Waals surface area (Å²) in [5.74, 6) is -5.85. The molecule has 0 aliphatic heterocycles. The van der Waals surface area contributed by atoms with Crippen molar-refractivity contribution in [2.45, 2.75) is 100 Å². The van der Waals surface area contributed by atoms with E-state index in [1.54, 1.807) is 22.9 Å². The fraction of sp³-hybridized carbons (Fsp3) is 0.633. The van der Waals surface area contributed by atoms with Crippen molar-refractivity contribution in [3.63, 3.8) is 0 Å². The van der Waals surface area contributed by atoms with E-state index in [-0.39, 0.29) is 86.5 Å². The average molecular weight is 603 g/mol. The minimum atomic E-state index is -2.73. The average Bonchev–Trinajstić information content (AvgIpc) is 3.87. The minimum Gasteiger partial charge on any atom is -0.364 e. The van der Waals surface area contributed by atoms with Crippen molar-refractivity contribution in [1.29, 1.82) is 0 Å². The number of halogens is 4. The molecule has 0 spiro atoms. The molecule has 2 amide bonds. The Hall–Kier alpha value is -3.51. The van der Waals surface area contributed by atoms with Crippen molar-refractivity contribution < 1.29 is 31.7 Å². The molecule has 0 bridgehead atoms. The maximum atomic E-state index is 14.1. The maximum absolute atomic E-state index is 14.1. The molecule has 0 saturated heterocycles. The zero-order valence-corrected chi connectivity index (χ0v) is 23.6. The first-order chi connectivity index (χ1) is 20.5. The van der Waals surface area contributed by atoms with E-state index in [1.807, 2.05) is 0 Å². The summed E-state index contributed by atoms with van der Waals surface area (Å²) >= 11 is 0. The topological polar surface area (TPSA) is 114 Å². The van der Waals surface area contributed by atoms with Gasteiger partial charge in [0.25, 0.3) is 5.91 Å². The Morgan fingerprint density at radius 2 is 1.60 bits per heavy atom. The van der Waals surface area contributed by atoms with Crippen molar-refractivity contribution in [3.8, 4) is 0 Å². The number of carbonyl (C=O) groups is 2. The Kier molecular flexibility index (Phi) is 6.96. The molecule has 4 aliphatic carbocycles. The third-order valence-corrected chi connectivity index (χ3v) is 9.39. The first-order valence-corrected chi connectivity index (χ1v) is 15.2. The Balaban J connectivity index is 1.12. The molecular weight excluding hydrogens is 568 g/mol. The molecule has 3 aromatic heterocycles. The lowest BCUT2D eigenvalue weighted by Gasteiger charge is -2.34. The molecule has 4 aliphatic rings. The van der Waals surface area contributed by atoms with Crippen LogP contribution in [0.5, 0.6) is 0 Å². The number of nitrogens with one attached hydrogen (secondary N) is 2. The number of amides is 2. The van der Waals surface area contributed by atoms with Gasteiger partial charge >= 0.3 is 0 Å². The predicted octanol–water partition coefficient (Wildman–Crippen LogP) is 5.89. The second-order valence-corrected chi connectivity index (χ2v) is 13.0. The Morgan fingerprint density at radius 3 is 2.28 bits per heavy atom. The Labute approximate surface area is 245 Å². The summed E-state index contributed by atoms with van der Waals surface area (Å²) in [5.41, 5.74) is 2.10. The van der Waals surface area contributed by atoms with Crippen molar-refractivity contribution in [2.24, 2.45) is 17.8 Å². The highest BCUT2D eigenvalue weighted by molar-refractivity contribution is 5.95. The number of imidazole rings is 1. The van der Waals surface area contributed by atoms with E-state index in [1.165, 1.54) is 6.26 Å². The van der Waals surface area contributed by atoms with Crippen molar-refractivity contribution >= 4 is 17.6 Å². The molecule has 9 nitrogen and oxygen atoms in total. The number of carbonyl (C=O) groups excluding carboxylic acids is 2. The molecule has 2 unspecified atom stereocenters. The molecule has 230 valence electrons. The molecule has 3 aromatic rings. The van der Waals surface area contributed by atoms with Gasteiger partial charge in [-0.25, -0.2) is 27.5 Å². The second-order valence-electron chi connectivity index (χ2n) is 13.0. The lowest BCUT2D eigenvalue weighted by atomic mass is 9.79. The monoisotopic (exact) mass is 602 g/mol. The molecular formula is C30H34F4N6O3. The maximum Gasteiger partial charge on any atom is 0.257 e. The van der Waals surface area contributed by atoms with Crippen LogP contribution in [0.1, 0.15) is 116 Å². The Morgan fingerprint density at radius 1 is 0.930 bits per heavy atom. The minimum absolute atomic E-state index is 0.0606. The number of nitrogens with zero attached hydrogens (tertiary/aromatic N) is 4. The summed E-state index contributed by atoms with van der Waals surface area (Å²) in [4.78, 5) is 35.6. The van der Waals surface area contributed by atoms with Gasteiger partial charge in [-0.05, 0) is 62.3 Å². The van der Waals surface area contributed by atoms with Crippen LogP contribution in [0.4, 0.5) is 17.6 Å². The van der Waals surface area contributed by atoms with Crippen LogP contribution < -0.4 is 10.6 Å². The fourth-order valence-corrected chi connectivity index (χ4v) is 6.63. The number of hydrogen-bond donors (Lipinski definition) is 2. The van der Waals surface area contributed by atoms with Gasteiger partial charge in [0.15, 0.2) is 0 Å². The largest absolute Gasteiger partial charge is 0.364 e. The SMILES string of the molecule is O=C(CC1CC(F)(F)C1)NC(c1ccn2cc(C(NC(=O)c3conc3C3CC3)C3CCC(F)(F)CC3)nc2n1)C1CC1. The van der Waals surface area contributed by atoms with Gasteiger partial charge in [-0.2, -0.15) is 0 Å². The lowest BCUT2D eigenvalue weighted by Crippen LogP contribution is -2.39. The van der Waals surface area contributed by atoms with Gasteiger partial charge in [-0.1, -0.05) is 5.16 Å². The standard InChI is InChI=1S/C30H34F4N6O3/c31-29(32)8-5-19(6-9-29)26(38-27(42)20-15-43-39-24(20)17-1-2-17)22-14-40-10-7-21(35-28(40)36-22)25(18-3-4-18)37-23(41)11-16-12-30(33,34)13-16/h7,10,14-19,25-26H,1-6,8-9,11-13H2,(H,37,41)(H,38,42). The van der Waals surface area contributed by atoms with Crippen LogP contribution in [-0.4, -0.2) is 43.2 Å². The van der Waals surface area contributed by atoms with E-state index in [0.29, 0.717) is 28.4 Å². The predicted molar refractivity (Wildman–Crippen MR) is 144 cm³/mol. The van der Waals surface area contributed by atoms with Crippen LogP contribution in [0, 0.1) is 17.8 Å². The van der Waals surface area contributed by atoms with Crippen LogP contribution in [0.3, 0.4) is 0 Å². The number of fused-ring (bicyclic) bond motifs is 1. The highest BCUT2D eigenvalue weighted by Gasteiger charge is 2.46. The molecule has 2 atom stereocenters. The molecule has 0 radical (unpaired) electrons. The third-order valence-electron chi connectivity index (χ3n) is 9.39. The molecule has 13 heteroatoms. The summed E-state index contributed by atoms with van der Waals surface area (Å²) in [6.45, 7) is 0. The van der Waals surface area contributed by atoms with Crippen molar-refractivity contribution in [1.82, 2.24) is 30.2 Å². The van der Waals surface area contributed by atoms with Gasteiger partial charge in [0.1, 0.15) is 11.8 Å². The van der Waals surface area contributed by atoms with E-state index in [2.05, 4.69) is 15.8 Å². The van der Waals surface area contributed by atoms with Crippen LogP contribution in [-0.2, 0) is 4.79 Å². The van der Waals surface area contributed by atoms with Gasteiger partial charge < -0.3 is 15.2 Å². The molecule has 0 aromatic carbocycles. The summed E-state index contributed by atoms with van der Waals surface area (Å²) in [6, 6.07) is 0.812. The zero-order valence-electron chi connectivity index (χ0n) is 23.6. The highest BCUT2D eigenvalue weighted by Crippen LogP contribution is 2.46. The molecule has 4 saturated carbocycles. The summed E-state index contributed by atoms with van der Waals surface area (Å²) in [7, 11) is 0. The quantitative estimate of drug-likeness (QED) is 0.280.